The minimum absolute atomic E-state index is 0.0331. The van der Waals surface area contributed by atoms with E-state index in [1.807, 2.05) is 41.8 Å². The highest BCUT2D eigenvalue weighted by Crippen LogP contribution is 2.24. The van der Waals surface area contributed by atoms with Crippen LogP contribution < -0.4 is 0 Å². The number of methoxy groups -OCH3 is 1. The molecule has 4 heteroatoms. The summed E-state index contributed by atoms with van der Waals surface area (Å²) in [5.74, 6) is -0.953. The molecule has 0 fully saturated rings. The number of hydrogen-bond acceptors (Lipinski definition) is 4. The van der Waals surface area contributed by atoms with Gasteiger partial charge >= 0.3 is 5.97 Å². The third-order valence-corrected chi connectivity index (χ3v) is 3.78. The molecular weight excluding hydrogens is 260 g/mol. The summed E-state index contributed by atoms with van der Waals surface area (Å²) < 4.78 is 4.80. The van der Waals surface area contributed by atoms with E-state index >= 15 is 0 Å². The third kappa shape index (κ3) is 3.29. The first-order valence-electron chi connectivity index (χ1n) is 5.92. The maximum atomic E-state index is 12.1. The molecule has 0 saturated heterocycles. The summed E-state index contributed by atoms with van der Waals surface area (Å²) in [6, 6.07) is 12.8. The van der Waals surface area contributed by atoms with Crippen molar-refractivity contribution < 1.29 is 14.3 Å². The number of thiophene rings is 1. The maximum Gasteiger partial charge on any atom is 0.313 e. The fourth-order valence-corrected chi connectivity index (χ4v) is 2.56. The van der Waals surface area contributed by atoms with Gasteiger partial charge in [-0.1, -0.05) is 36.4 Å². The zero-order chi connectivity index (χ0) is 13.7. The van der Waals surface area contributed by atoms with Crippen molar-refractivity contribution >= 4 is 23.1 Å². The molecule has 0 N–H and O–H groups in total. The Morgan fingerprint density at radius 3 is 2.47 bits per heavy atom. The highest BCUT2D eigenvalue weighted by Gasteiger charge is 2.25. The molecule has 0 amide bonds. The lowest BCUT2D eigenvalue weighted by Gasteiger charge is -2.13. The molecule has 2 aromatic rings. The normalized spacial score (nSPS) is 11.8. The molecule has 1 aromatic heterocycles. The molecule has 2 rings (SSSR count). The van der Waals surface area contributed by atoms with Gasteiger partial charge in [0.25, 0.3) is 0 Å². The van der Waals surface area contributed by atoms with Gasteiger partial charge in [0.1, 0.15) is 0 Å². The van der Waals surface area contributed by atoms with Gasteiger partial charge < -0.3 is 4.74 Å². The summed E-state index contributed by atoms with van der Waals surface area (Å²) in [5.41, 5.74) is 0.805. The second-order valence-electron chi connectivity index (χ2n) is 4.09. The quantitative estimate of drug-likeness (QED) is 0.621. The van der Waals surface area contributed by atoms with Gasteiger partial charge in [0.2, 0.25) is 0 Å². The minimum atomic E-state index is -0.541. The van der Waals surface area contributed by atoms with Crippen molar-refractivity contribution in [3.63, 3.8) is 0 Å². The van der Waals surface area contributed by atoms with Crippen molar-refractivity contribution in [3.8, 4) is 0 Å². The summed E-state index contributed by atoms with van der Waals surface area (Å²) in [5, 5.41) is 1.85. The summed E-state index contributed by atoms with van der Waals surface area (Å²) in [4.78, 5) is 24.6. The van der Waals surface area contributed by atoms with E-state index in [0.717, 1.165) is 5.56 Å². The first kappa shape index (κ1) is 13.5. The van der Waals surface area contributed by atoms with Crippen LogP contribution in [0.3, 0.4) is 0 Å². The van der Waals surface area contributed by atoms with Gasteiger partial charge in [-0.2, -0.15) is 0 Å². The molecule has 0 spiro atoms. The van der Waals surface area contributed by atoms with Gasteiger partial charge in [0, 0.05) is 6.42 Å². The zero-order valence-corrected chi connectivity index (χ0v) is 11.4. The lowest BCUT2D eigenvalue weighted by Crippen LogP contribution is -2.17. The summed E-state index contributed by atoms with van der Waals surface area (Å²) in [6.07, 6.45) is 0.136. The van der Waals surface area contributed by atoms with Crippen LogP contribution >= 0.6 is 11.3 Å². The lowest BCUT2D eigenvalue weighted by atomic mass is 9.93. The summed E-state index contributed by atoms with van der Waals surface area (Å²) in [6.45, 7) is 0. The third-order valence-electron chi connectivity index (χ3n) is 2.87. The Morgan fingerprint density at radius 1 is 1.16 bits per heavy atom. The fraction of sp³-hybridized carbons (Fsp3) is 0.200. The number of benzene rings is 1. The van der Waals surface area contributed by atoms with Crippen LogP contribution in [0, 0.1) is 0 Å². The van der Waals surface area contributed by atoms with Crippen LogP contribution in [0.5, 0.6) is 0 Å². The van der Waals surface area contributed by atoms with Crippen molar-refractivity contribution in [2.24, 2.45) is 0 Å². The molecule has 0 aliphatic rings. The Bertz CT molecular complexity index is 546. The SMILES string of the molecule is COC(=O)C(CC(=O)c1cccs1)c1ccccc1. The van der Waals surface area contributed by atoms with Gasteiger partial charge in [-0.25, -0.2) is 0 Å². The standard InChI is InChI=1S/C15H14O3S/c1-18-15(17)12(11-6-3-2-4-7-11)10-13(16)14-8-5-9-19-14/h2-9,12H,10H2,1H3. The van der Waals surface area contributed by atoms with E-state index in [9.17, 15) is 9.59 Å². The van der Waals surface area contributed by atoms with E-state index in [-0.39, 0.29) is 18.2 Å². The molecule has 1 aromatic carbocycles. The second kappa shape index (κ2) is 6.29. The van der Waals surface area contributed by atoms with E-state index in [4.69, 9.17) is 4.74 Å². The molecule has 19 heavy (non-hydrogen) atoms. The van der Waals surface area contributed by atoms with Gasteiger partial charge in [0.05, 0.1) is 17.9 Å². The second-order valence-corrected chi connectivity index (χ2v) is 5.04. The number of rotatable bonds is 5. The first-order valence-corrected chi connectivity index (χ1v) is 6.80. The zero-order valence-electron chi connectivity index (χ0n) is 10.5. The topological polar surface area (TPSA) is 43.4 Å². The summed E-state index contributed by atoms with van der Waals surface area (Å²) >= 11 is 1.39. The molecule has 98 valence electrons. The van der Waals surface area contributed by atoms with Crippen molar-refractivity contribution in [2.75, 3.05) is 7.11 Å². The molecule has 3 nitrogen and oxygen atoms in total. The van der Waals surface area contributed by atoms with Crippen LogP contribution in [0.15, 0.2) is 47.8 Å². The van der Waals surface area contributed by atoms with Crippen molar-refractivity contribution in [1.29, 1.82) is 0 Å². The molecule has 0 radical (unpaired) electrons. The monoisotopic (exact) mass is 274 g/mol. The highest BCUT2D eigenvalue weighted by molar-refractivity contribution is 7.12. The van der Waals surface area contributed by atoms with Crippen molar-refractivity contribution in [3.05, 3.63) is 58.3 Å². The van der Waals surface area contributed by atoms with Gasteiger partial charge in [0.15, 0.2) is 5.78 Å². The van der Waals surface area contributed by atoms with Gasteiger partial charge in [-0.05, 0) is 17.0 Å². The number of ketones is 1. The Labute approximate surface area is 115 Å². The predicted octanol–water partition coefficient (Wildman–Crippen LogP) is 3.28. The average molecular weight is 274 g/mol. The van der Waals surface area contributed by atoms with E-state index in [2.05, 4.69) is 0 Å². The van der Waals surface area contributed by atoms with Crippen LogP contribution in [-0.2, 0) is 9.53 Å². The molecule has 0 bridgehead atoms. The smallest absolute Gasteiger partial charge is 0.313 e. The Kier molecular flexibility index (Phi) is 4.47. The average Bonchev–Trinajstić information content (AvgIpc) is 2.99. The van der Waals surface area contributed by atoms with Crippen LogP contribution in [0.25, 0.3) is 0 Å². The first-order chi connectivity index (χ1) is 9.22. The number of hydrogen-bond donors (Lipinski definition) is 0. The number of carbonyl (C=O) groups excluding carboxylic acids is 2. The van der Waals surface area contributed by atoms with Crippen LogP contribution in [-0.4, -0.2) is 18.9 Å². The molecule has 0 aliphatic heterocycles. The van der Waals surface area contributed by atoms with Gasteiger partial charge in [-0.3, -0.25) is 9.59 Å². The number of carbonyl (C=O) groups is 2. The number of esters is 1. The van der Waals surface area contributed by atoms with E-state index in [1.165, 1.54) is 18.4 Å². The molecular formula is C15H14O3S. The molecule has 0 saturated carbocycles. The Hall–Kier alpha value is -1.94. The molecule has 1 unspecified atom stereocenters. The molecule has 0 aliphatic carbocycles. The van der Waals surface area contributed by atoms with E-state index in [0.29, 0.717) is 4.88 Å². The van der Waals surface area contributed by atoms with Gasteiger partial charge in [-0.15, -0.1) is 11.3 Å². The van der Waals surface area contributed by atoms with Crippen LogP contribution in [0.2, 0.25) is 0 Å². The Morgan fingerprint density at radius 2 is 1.89 bits per heavy atom. The Balaban J connectivity index is 2.20. The van der Waals surface area contributed by atoms with Crippen LogP contribution in [0.4, 0.5) is 0 Å². The minimum Gasteiger partial charge on any atom is -0.469 e. The number of ether oxygens (including phenoxy) is 1. The fourth-order valence-electron chi connectivity index (χ4n) is 1.89. The highest BCUT2D eigenvalue weighted by atomic mass is 32.1. The largest absolute Gasteiger partial charge is 0.469 e. The van der Waals surface area contributed by atoms with Crippen LogP contribution in [0.1, 0.15) is 27.6 Å². The predicted molar refractivity (Wildman–Crippen MR) is 74.5 cm³/mol. The summed E-state index contributed by atoms with van der Waals surface area (Å²) in [7, 11) is 1.34. The van der Waals surface area contributed by atoms with E-state index in [1.54, 1.807) is 6.07 Å². The van der Waals surface area contributed by atoms with Crippen molar-refractivity contribution in [2.45, 2.75) is 12.3 Å². The molecule has 1 atom stereocenters. The maximum absolute atomic E-state index is 12.1. The lowest BCUT2D eigenvalue weighted by molar-refractivity contribution is -0.142. The van der Waals surface area contributed by atoms with Crippen molar-refractivity contribution in [1.82, 2.24) is 0 Å². The van der Waals surface area contributed by atoms with E-state index < -0.39 is 5.92 Å². The molecule has 1 heterocycles. The number of Topliss-reactive ketones (excluding diaryl/α,β-unsaturated/α-hetero) is 1.